The summed E-state index contributed by atoms with van der Waals surface area (Å²) in [5.74, 6) is -4.78. The number of carbonyl (C=O) groups is 5. The minimum absolute atomic E-state index is 0.0999. The first-order chi connectivity index (χ1) is 14.3. The van der Waals surface area contributed by atoms with Gasteiger partial charge in [0.05, 0.1) is 25.3 Å². The van der Waals surface area contributed by atoms with E-state index in [1.807, 2.05) is 5.32 Å². The van der Waals surface area contributed by atoms with E-state index >= 15 is 0 Å². The lowest BCUT2D eigenvalue weighted by atomic mass is 10.1. The van der Waals surface area contributed by atoms with Gasteiger partial charge in [-0.2, -0.15) is 0 Å². The van der Waals surface area contributed by atoms with Gasteiger partial charge in [0.2, 0.25) is 17.7 Å². The summed E-state index contributed by atoms with van der Waals surface area (Å²) in [6, 6.07) is -3.03. The molecule has 1 aromatic rings. The molecule has 0 radical (unpaired) electrons. The van der Waals surface area contributed by atoms with Crippen molar-refractivity contribution in [2.75, 3.05) is 13.1 Å². The van der Waals surface area contributed by atoms with Gasteiger partial charge in [-0.3, -0.25) is 19.2 Å². The number of amides is 3. The number of aliphatic carboxylic acids is 2. The molecule has 3 amide bonds. The van der Waals surface area contributed by atoms with Gasteiger partial charge in [0.25, 0.3) is 0 Å². The van der Waals surface area contributed by atoms with Crippen molar-refractivity contribution < 1.29 is 34.2 Å². The van der Waals surface area contributed by atoms with Gasteiger partial charge in [-0.1, -0.05) is 0 Å². The van der Waals surface area contributed by atoms with Crippen LogP contribution in [0.1, 0.15) is 25.0 Å². The Morgan fingerprint density at radius 2 is 1.93 bits per heavy atom. The molecule has 0 aromatic carbocycles. The van der Waals surface area contributed by atoms with Crippen LogP contribution in [0, 0.1) is 0 Å². The van der Waals surface area contributed by atoms with Crippen LogP contribution in [-0.2, 0) is 30.4 Å². The Morgan fingerprint density at radius 1 is 1.17 bits per heavy atom. The zero-order chi connectivity index (χ0) is 22.1. The largest absolute Gasteiger partial charge is 0.481 e. The van der Waals surface area contributed by atoms with Gasteiger partial charge >= 0.3 is 11.9 Å². The van der Waals surface area contributed by atoms with Crippen molar-refractivity contribution in [1.29, 1.82) is 0 Å². The molecule has 1 aliphatic rings. The fourth-order valence-corrected chi connectivity index (χ4v) is 2.92. The highest BCUT2D eigenvalue weighted by molar-refractivity contribution is 5.93. The monoisotopic (exact) mass is 424 g/mol. The lowest BCUT2D eigenvalue weighted by molar-refractivity contribution is -0.147. The minimum atomic E-state index is -1.62. The normalized spacial score (nSPS) is 17.5. The van der Waals surface area contributed by atoms with Crippen molar-refractivity contribution in [1.82, 2.24) is 31.2 Å². The van der Waals surface area contributed by atoms with E-state index in [1.54, 1.807) is 0 Å². The van der Waals surface area contributed by atoms with Crippen molar-refractivity contribution >= 4 is 29.7 Å². The zero-order valence-electron chi connectivity index (χ0n) is 16.0. The quantitative estimate of drug-likeness (QED) is 0.198. The van der Waals surface area contributed by atoms with Gasteiger partial charge in [-0.25, -0.2) is 9.78 Å². The number of rotatable bonds is 11. The number of carboxylic acid groups (broad SMARTS) is 2. The standard InChI is InChI=1S/C17H24N6O7/c24-13(22-12(17(29)30)5-14(25)26)7-20-15(27)11(4-9-6-18-8-21-9)23-16(28)10-2-1-3-19-10/h6,8,10-12,19H,1-5,7H2,(H,18,21)(H,20,27)(H,22,24)(H,23,28)(H,25,26)(H,29,30). The third kappa shape index (κ3) is 7.16. The molecule has 1 fully saturated rings. The molecular formula is C17H24N6O7. The van der Waals surface area contributed by atoms with Crippen LogP contribution in [-0.4, -0.2) is 81.1 Å². The number of imidazole rings is 1. The van der Waals surface area contributed by atoms with E-state index in [0.29, 0.717) is 18.7 Å². The minimum Gasteiger partial charge on any atom is -0.481 e. The van der Waals surface area contributed by atoms with E-state index < -0.39 is 54.8 Å². The summed E-state index contributed by atoms with van der Waals surface area (Å²) in [6.07, 6.45) is 3.71. The predicted molar refractivity (Wildman–Crippen MR) is 100 cm³/mol. The number of aromatic amines is 1. The average Bonchev–Trinajstić information content (AvgIpc) is 3.38. The molecule has 13 nitrogen and oxygen atoms in total. The molecule has 164 valence electrons. The van der Waals surface area contributed by atoms with Gasteiger partial charge in [0.1, 0.15) is 12.1 Å². The predicted octanol–water partition coefficient (Wildman–Crippen LogP) is -2.65. The second-order valence-corrected chi connectivity index (χ2v) is 6.77. The molecule has 1 saturated heterocycles. The Morgan fingerprint density at radius 3 is 2.50 bits per heavy atom. The summed E-state index contributed by atoms with van der Waals surface area (Å²) in [6.45, 7) is 0.121. The van der Waals surface area contributed by atoms with Gasteiger partial charge in [0.15, 0.2) is 0 Å². The maximum atomic E-state index is 12.6. The summed E-state index contributed by atoms with van der Waals surface area (Å²) in [5, 5.41) is 27.7. The van der Waals surface area contributed by atoms with E-state index in [9.17, 15) is 24.0 Å². The van der Waals surface area contributed by atoms with Crippen molar-refractivity contribution in [2.24, 2.45) is 0 Å². The number of nitrogens with one attached hydrogen (secondary N) is 5. The number of hydrogen-bond donors (Lipinski definition) is 7. The number of carboxylic acids is 2. The molecule has 3 atom stereocenters. The van der Waals surface area contributed by atoms with Gasteiger partial charge < -0.3 is 36.5 Å². The molecule has 2 heterocycles. The van der Waals surface area contributed by atoms with Crippen LogP contribution in [0.3, 0.4) is 0 Å². The second kappa shape index (κ2) is 10.9. The third-order valence-corrected chi connectivity index (χ3v) is 4.42. The summed E-state index contributed by atoms with van der Waals surface area (Å²) in [4.78, 5) is 65.2. The summed E-state index contributed by atoms with van der Waals surface area (Å²) < 4.78 is 0. The van der Waals surface area contributed by atoms with E-state index in [1.165, 1.54) is 12.5 Å². The lowest BCUT2D eigenvalue weighted by Crippen LogP contribution is -2.54. The van der Waals surface area contributed by atoms with Crippen LogP contribution in [0.2, 0.25) is 0 Å². The Kier molecular flexibility index (Phi) is 8.29. The molecule has 0 spiro atoms. The first-order valence-electron chi connectivity index (χ1n) is 9.29. The van der Waals surface area contributed by atoms with Crippen molar-refractivity contribution in [2.45, 2.75) is 43.8 Å². The molecular weight excluding hydrogens is 400 g/mol. The highest BCUT2D eigenvalue weighted by Gasteiger charge is 2.28. The topological polar surface area (TPSA) is 203 Å². The van der Waals surface area contributed by atoms with E-state index in [-0.39, 0.29) is 12.3 Å². The number of hydrogen-bond acceptors (Lipinski definition) is 7. The lowest BCUT2D eigenvalue weighted by Gasteiger charge is -2.20. The van der Waals surface area contributed by atoms with Crippen LogP contribution in [0.15, 0.2) is 12.5 Å². The molecule has 3 unspecified atom stereocenters. The highest BCUT2D eigenvalue weighted by atomic mass is 16.4. The Balaban J connectivity index is 1.93. The van der Waals surface area contributed by atoms with Gasteiger partial charge in [-0.05, 0) is 19.4 Å². The van der Waals surface area contributed by atoms with Crippen LogP contribution in [0.25, 0.3) is 0 Å². The Labute approximate surface area is 171 Å². The van der Waals surface area contributed by atoms with E-state index in [0.717, 1.165) is 6.42 Å². The third-order valence-electron chi connectivity index (χ3n) is 4.42. The number of aromatic nitrogens is 2. The Hall–Kier alpha value is -3.48. The molecule has 30 heavy (non-hydrogen) atoms. The smallest absolute Gasteiger partial charge is 0.326 e. The van der Waals surface area contributed by atoms with Crippen LogP contribution in [0.4, 0.5) is 0 Å². The molecule has 13 heteroatoms. The van der Waals surface area contributed by atoms with E-state index in [2.05, 4.69) is 25.9 Å². The van der Waals surface area contributed by atoms with Gasteiger partial charge in [0, 0.05) is 18.3 Å². The van der Waals surface area contributed by atoms with Crippen molar-refractivity contribution in [3.63, 3.8) is 0 Å². The summed E-state index contributed by atoms with van der Waals surface area (Å²) in [7, 11) is 0. The molecule has 0 bridgehead atoms. The maximum Gasteiger partial charge on any atom is 0.326 e. The van der Waals surface area contributed by atoms with Crippen LogP contribution in [0.5, 0.6) is 0 Å². The van der Waals surface area contributed by atoms with Crippen LogP contribution < -0.4 is 21.3 Å². The number of nitrogens with zero attached hydrogens (tertiary/aromatic N) is 1. The van der Waals surface area contributed by atoms with Crippen LogP contribution >= 0.6 is 0 Å². The molecule has 7 N–H and O–H groups in total. The van der Waals surface area contributed by atoms with Gasteiger partial charge in [-0.15, -0.1) is 0 Å². The fraction of sp³-hybridized carbons (Fsp3) is 0.529. The average molecular weight is 424 g/mol. The Bertz CT molecular complexity index is 776. The zero-order valence-corrected chi connectivity index (χ0v) is 16.0. The van der Waals surface area contributed by atoms with E-state index in [4.69, 9.17) is 10.2 Å². The SMILES string of the molecule is O=C(O)CC(NC(=O)CNC(=O)C(Cc1cnc[nH]1)NC(=O)C1CCCN1)C(=O)O. The van der Waals surface area contributed by atoms with Crippen molar-refractivity contribution in [3.8, 4) is 0 Å². The first-order valence-corrected chi connectivity index (χ1v) is 9.29. The molecule has 0 aliphatic carbocycles. The molecule has 1 aliphatic heterocycles. The molecule has 2 rings (SSSR count). The number of carbonyl (C=O) groups excluding carboxylic acids is 3. The molecule has 1 aromatic heterocycles. The maximum absolute atomic E-state index is 12.6. The summed E-state index contributed by atoms with van der Waals surface area (Å²) in [5.41, 5.74) is 0.590. The summed E-state index contributed by atoms with van der Waals surface area (Å²) >= 11 is 0. The highest BCUT2D eigenvalue weighted by Crippen LogP contribution is 2.06. The number of H-pyrrole nitrogens is 1. The fourth-order valence-electron chi connectivity index (χ4n) is 2.92. The molecule has 0 saturated carbocycles. The van der Waals surface area contributed by atoms with Crippen molar-refractivity contribution in [3.05, 3.63) is 18.2 Å². The first kappa shape index (κ1) is 22.8. The second-order valence-electron chi connectivity index (χ2n) is 6.77.